The molecule has 0 saturated carbocycles. The van der Waals surface area contributed by atoms with E-state index in [0.29, 0.717) is 0 Å². The van der Waals surface area contributed by atoms with Crippen molar-refractivity contribution in [1.82, 2.24) is 0 Å². The number of hydrogen-bond donors (Lipinski definition) is 1. The second-order valence-electron chi connectivity index (χ2n) is 3.72. The van der Waals surface area contributed by atoms with E-state index >= 15 is 0 Å². The summed E-state index contributed by atoms with van der Waals surface area (Å²) in [6, 6.07) is 0. The lowest BCUT2D eigenvalue weighted by molar-refractivity contribution is 0.304. The Labute approximate surface area is 104 Å². The van der Waals surface area contributed by atoms with Gasteiger partial charge in [-0.1, -0.05) is 11.8 Å². The molecule has 0 spiro atoms. The van der Waals surface area contributed by atoms with Crippen LogP contribution in [0.3, 0.4) is 0 Å². The van der Waals surface area contributed by atoms with Gasteiger partial charge < -0.3 is 0 Å². The second kappa shape index (κ2) is 7.09. The molecule has 0 rings (SSSR count). The molecule has 0 unspecified atom stereocenters. The molecule has 0 bridgehead atoms. The average molecular weight is 302 g/mol. The minimum atomic E-state index is -4.04. The smallest absolute Gasteiger partial charge is 0.294 e. The molecule has 0 aliphatic carbocycles. The zero-order valence-electron chi connectivity index (χ0n) is 9.63. The highest BCUT2D eigenvalue weighted by atomic mass is 32.3. The summed E-state index contributed by atoms with van der Waals surface area (Å²) in [4.78, 5) is 0. The minimum Gasteiger partial charge on any atom is -0.294 e. The Hall–Kier alpha value is -0.443. The summed E-state index contributed by atoms with van der Waals surface area (Å²) in [5.41, 5.74) is 0. The molecule has 0 amide bonds. The topological polar surface area (TPSA) is 96.0 Å². The van der Waals surface area contributed by atoms with E-state index in [1.807, 2.05) is 0 Å². The van der Waals surface area contributed by atoms with Gasteiger partial charge in [-0.15, -0.1) is 0 Å². The van der Waals surface area contributed by atoms with E-state index in [9.17, 15) is 16.8 Å². The molecule has 0 heterocycles. The fraction of sp³-hybridized carbons (Fsp3) is 0.714. The molecule has 0 atom stereocenters. The first-order chi connectivity index (χ1) is 7.62. The molecule has 10 heteroatoms. The Kier molecular flexibility index (Phi) is 6.91. The van der Waals surface area contributed by atoms with E-state index in [1.165, 1.54) is 0 Å². The van der Waals surface area contributed by atoms with Gasteiger partial charge in [-0.2, -0.15) is 8.42 Å². The number of hydrogen-bond acceptors (Lipinski definition) is 7. The van der Waals surface area contributed by atoms with Crippen LogP contribution < -0.4 is 0 Å². The Balaban J connectivity index is 4.04. The average Bonchev–Trinajstić information content (AvgIpc) is 2.06. The van der Waals surface area contributed by atoms with Crippen LogP contribution in [0.5, 0.6) is 0 Å². The normalized spacial score (nSPS) is 12.2. The summed E-state index contributed by atoms with van der Waals surface area (Å²) in [6.07, 6.45) is 0. The van der Waals surface area contributed by atoms with Crippen molar-refractivity contribution in [3.63, 3.8) is 0 Å². The van der Waals surface area contributed by atoms with Crippen LogP contribution in [-0.2, 0) is 33.6 Å². The lowest BCUT2D eigenvalue weighted by Gasteiger charge is -2.15. The van der Waals surface area contributed by atoms with E-state index in [4.69, 9.17) is 3.87 Å². The molecule has 0 aromatic rings. The molecule has 100 valence electrons. The number of thiol groups is 1. The quantitative estimate of drug-likeness (QED) is 0.407. The Morgan fingerprint density at radius 2 is 1.65 bits per heavy atom. The molecule has 0 aliphatic rings. The van der Waals surface area contributed by atoms with Gasteiger partial charge >= 0.3 is 10.4 Å². The van der Waals surface area contributed by atoms with Crippen LogP contribution in [0, 0.1) is 11.8 Å². The zero-order chi connectivity index (χ0) is 13.5. The van der Waals surface area contributed by atoms with Gasteiger partial charge in [-0.25, -0.2) is 12.6 Å². The summed E-state index contributed by atoms with van der Waals surface area (Å²) >= 11 is 0. The standard InChI is InChI=1S/C7H14O7S2Si/c1-17(2,3)14-16(10,11)13-7-5-4-6-12-15(8)9/h15H,6-7H2,1-3H3. The van der Waals surface area contributed by atoms with Gasteiger partial charge in [0.15, 0.2) is 0 Å². The van der Waals surface area contributed by atoms with E-state index in [2.05, 4.69) is 20.2 Å². The van der Waals surface area contributed by atoms with Crippen LogP contribution in [0.15, 0.2) is 0 Å². The Morgan fingerprint density at radius 3 is 2.12 bits per heavy atom. The Morgan fingerprint density at radius 1 is 1.12 bits per heavy atom. The molecule has 0 saturated heterocycles. The van der Waals surface area contributed by atoms with E-state index in [0.717, 1.165) is 0 Å². The molecule has 0 fully saturated rings. The molecule has 0 radical (unpaired) electrons. The fourth-order valence-corrected chi connectivity index (χ4v) is 3.63. The predicted molar refractivity (Wildman–Crippen MR) is 63.3 cm³/mol. The van der Waals surface area contributed by atoms with Crippen molar-refractivity contribution in [1.29, 1.82) is 0 Å². The van der Waals surface area contributed by atoms with E-state index in [-0.39, 0.29) is 6.61 Å². The van der Waals surface area contributed by atoms with Gasteiger partial charge in [-0.3, -0.25) is 8.06 Å². The third-order valence-electron chi connectivity index (χ3n) is 0.995. The molecule has 7 nitrogen and oxygen atoms in total. The fourth-order valence-electron chi connectivity index (χ4n) is 0.619. The third-order valence-corrected chi connectivity index (χ3v) is 4.56. The van der Waals surface area contributed by atoms with Gasteiger partial charge in [0, 0.05) is 0 Å². The van der Waals surface area contributed by atoms with Gasteiger partial charge in [-0.05, 0) is 19.6 Å². The highest BCUT2D eigenvalue weighted by Gasteiger charge is 2.24. The van der Waals surface area contributed by atoms with E-state index < -0.39 is 36.3 Å². The first-order valence-electron chi connectivity index (χ1n) is 4.45. The van der Waals surface area contributed by atoms with Gasteiger partial charge in [0.2, 0.25) is 8.32 Å². The van der Waals surface area contributed by atoms with Crippen LogP contribution in [0.1, 0.15) is 0 Å². The number of rotatable bonds is 6. The molecule has 0 aromatic heterocycles. The highest BCUT2D eigenvalue weighted by molar-refractivity contribution is 7.83. The third kappa shape index (κ3) is 11.8. The molecule has 17 heavy (non-hydrogen) atoms. The summed E-state index contributed by atoms with van der Waals surface area (Å²) in [7, 11) is -9.24. The largest absolute Gasteiger partial charge is 0.391 e. The van der Waals surface area contributed by atoms with Crippen LogP contribution in [0.25, 0.3) is 0 Å². The van der Waals surface area contributed by atoms with Crippen LogP contribution in [0.2, 0.25) is 19.6 Å². The van der Waals surface area contributed by atoms with Gasteiger partial charge in [0.05, 0.1) is 0 Å². The summed E-state index contributed by atoms with van der Waals surface area (Å²) in [6.45, 7) is 4.33. The molecule has 0 N–H and O–H groups in total. The van der Waals surface area contributed by atoms with Crippen LogP contribution in [0.4, 0.5) is 0 Å². The highest BCUT2D eigenvalue weighted by Crippen LogP contribution is 2.08. The van der Waals surface area contributed by atoms with Crippen LogP contribution >= 0.6 is 0 Å². The summed E-state index contributed by atoms with van der Waals surface area (Å²) < 4.78 is 55.6. The van der Waals surface area contributed by atoms with Crippen molar-refractivity contribution >= 4 is 29.7 Å². The maximum absolute atomic E-state index is 11.2. The predicted octanol–water partition coefficient (Wildman–Crippen LogP) is -0.354. The molecular formula is C7H14O7S2Si. The second-order valence-corrected chi connectivity index (χ2v) is 10.4. The van der Waals surface area contributed by atoms with Gasteiger partial charge in [0.1, 0.15) is 13.2 Å². The van der Waals surface area contributed by atoms with Crippen molar-refractivity contribution in [3.8, 4) is 11.8 Å². The lowest BCUT2D eigenvalue weighted by Crippen LogP contribution is -2.30. The van der Waals surface area contributed by atoms with Crippen molar-refractivity contribution in [2.24, 2.45) is 0 Å². The SMILES string of the molecule is C[Si](C)(C)OS(=O)(=O)OCC#CCO[SH](=O)=O. The monoisotopic (exact) mass is 302 g/mol. The van der Waals surface area contributed by atoms with Crippen molar-refractivity contribution in [3.05, 3.63) is 0 Å². The van der Waals surface area contributed by atoms with Crippen molar-refractivity contribution in [2.45, 2.75) is 19.6 Å². The maximum atomic E-state index is 11.2. The van der Waals surface area contributed by atoms with Crippen molar-refractivity contribution < 1.29 is 29.1 Å². The molecule has 0 aromatic carbocycles. The summed E-state index contributed by atoms with van der Waals surface area (Å²) in [5.74, 6) is 4.54. The minimum absolute atomic E-state index is 0.336. The summed E-state index contributed by atoms with van der Waals surface area (Å²) in [5, 5.41) is 0. The van der Waals surface area contributed by atoms with Crippen LogP contribution in [-0.4, -0.2) is 38.4 Å². The zero-order valence-corrected chi connectivity index (χ0v) is 12.3. The van der Waals surface area contributed by atoms with Crippen molar-refractivity contribution in [2.75, 3.05) is 13.2 Å². The Bertz CT molecular complexity index is 455. The van der Waals surface area contributed by atoms with E-state index in [1.54, 1.807) is 19.6 Å². The first kappa shape index (κ1) is 16.6. The maximum Gasteiger partial charge on any atom is 0.391 e. The molecule has 0 aliphatic heterocycles. The first-order valence-corrected chi connectivity index (χ1v) is 10.3. The molecular weight excluding hydrogens is 288 g/mol. The lowest BCUT2D eigenvalue weighted by atomic mass is 10.6. The van der Waals surface area contributed by atoms with Gasteiger partial charge in [0.25, 0.3) is 11.0 Å².